The lowest BCUT2D eigenvalue weighted by atomic mass is 9.70. The molecule has 0 aliphatic heterocycles. The van der Waals surface area contributed by atoms with E-state index in [4.69, 9.17) is 5.73 Å². The smallest absolute Gasteiger partial charge is 0.251 e. The van der Waals surface area contributed by atoms with Crippen LogP contribution in [0.2, 0.25) is 0 Å². The van der Waals surface area contributed by atoms with Crippen LogP contribution in [0.4, 0.5) is 8.78 Å². The summed E-state index contributed by atoms with van der Waals surface area (Å²) in [5, 5.41) is 0. The molecule has 11 heavy (non-hydrogen) atoms. The highest BCUT2D eigenvalue weighted by Gasteiger charge is 2.62. The fraction of sp³-hybridized carbons (Fsp3) is 1.00. The first kappa shape index (κ1) is 7.47. The van der Waals surface area contributed by atoms with Crippen molar-refractivity contribution in [3.8, 4) is 0 Å². The van der Waals surface area contributed by atoms with Gasteiger partial charge in [-0.15, -0.1) is 0 Å². The van der Waals surface area contributed by atoms with E-state index in [-0.39, 0.29) is 12.8 Å². The Labute approximate surface area is 65.0 Å². The maximum Gasteiger partial charge on any atom is 0.251 e. The van der Waals surface area contributed by atoms with E-state index < -0.39 is 11.5 Å². The van der Waals surface area contributed by atoms with E-state index in [9.17, 15) is 8.78 Å². The number of hydrogen-bond acceptors (Lipinski definition) is 1. The average molecular weight is 161 g/mol. The molecule has 0 aromatic carbocycles. The molecule has 2 fully saturated rings. The van der Waals surface area contributed by atoms with E-state index in [0.717, 1.165) is 6.42 Å². The number of hydrogen-bond donors (Lipinski definition) is 1. The topological polar surface area (TPSA) is 26.0 Å². The van der Waals surface area contributed by atoms with Crippen molar-refractivity contribution in [2.75, 3.05) is 0 Å². The van der Waals surface area contributed by atoms with E-state index >= 15 is 0 Å². The summed E-state index contributed by atoms with van der Waals surface area (Å²) in [6.07, 6.45) is 0.872. The monoisotopic (exact) mass is 161 g/mol. The minimum absolute atomic E-state index is 0.0883. The summed E-state index contributed by atoms with van der Waals surface area (Å²) < 4.78 is 24.9. The van der Waals surface area contributed by atoms with Gasteiger partial charge in [-0.25, -0.2) is 8.78 Å². The quantitative estimate of drug-likeness (QED) is 0.623. The highest BCUT2D eigenvalue weighted by molar-refractivity contribution is 5.13. The van der Waals surface area contributed by atoms with Crippen LogP contribution in [-0.2, 0) is 0 Å². The Balaban J connectivity index is 1.96. The van der Waals surface area contributed by atoms with Crippen LogP contribution in [0.25, 0.3) is 0 Å². The lowest BCUT2D eigenvalue weighted by Crippen LogP contribution is -2.60. The SMILES string of the molecule is CC1CC1C1(N)CC(F)(F)C1. The summed E-state index contributed by atoms with van der Waals surface area (Å²) >= 11 is 0. The summed E-state index contributed by atoms with van der Waals surface area (Å²) in [4.78, 5) is 0. The Bertz CT molecular complexity index is 183. The average Bonchev–Trinajstić information content (AvgIpc) is 2.40. The zero-order chi connectivity index (χ0) is 8.28. The molecule has 0 bridgehead atoms. The zero-order valence-corrected chi connectivity index (χ0v) is 6.61. The second-order valence-corrected chi connectivity index (χ2v) is 4.26. The fourth-order valence-electron chi connectivity index (χ4n) is 2.30. The highest BCUT2D eigenvalue weighted by atomic mass is 19.3. The van der Waals surface area contributed by atoms with Crippen molar-refractivity contribution in [1.82, 2.24) is 0 Å². The van der Waals surface area contributed by atoms with Gasteiger partial charge in [-0.1, -0.05) is 6.92 Å². The molecule has 1 nitrogen and oxygen atoms in total. The highest BCUT2D eigenvalue weighted by Crippen LogP contribution is 2.57. The van der Waals surface area contributed by atoms with Crippen LogP contribution in [-0.4, -0.2) is 11.5 Å². The van der Waals surface area contributed by atoms with Crippen LogP contribution in [0.1, 0.15) is 26.2 Å². The predicted octanol–water partition coefficient (Wildman–Crippen LogP) is 1.77. The molecule has 0 aromatic rings. The molecule has 3 heteroatoms. The predicted molar refractivity (Wildman–Crippen MR) is 38.4 cm³/mol. The molecule has 2 aliphatic rings. The molecule has 2 aliphatic carbocycles. The Morgan fingerprint density at radius 2 is 1.82 bits per heavy atom. The second kappa shape index (κ2) is 1.76. The molecule has 2 atom stereocenters. The molecule has 0 radical (unpaired) electrons. The molecule has 0 amide bonds. The van der Waals surface area contributed by atoms with Crippen LogP contribution in [0.5, 0.6) is 0 Å². The Morgan fingerprint density at radius 3 is 2.09 bits per heavy atom. The molecule has 0 saturated heterocycles. The van der Waals surface area contributed by atoms with Gasteiger partial charge in [-0.3, -0.25) is 0 Å². The van der Waals surface area contributed by atoms with Gasteiger partial charge in [-0.05, 0) is 18.3 Å². The van der Waals surface area contributed by atoms with Crippen molar-refractivity contribution in [2.24, 2.45) is 17.6 Å². The van der Waals surface area contributed by atoms with Gasteiger partial charge in [0.2, 0.25) is 0 Å². The zero-order valence-electron chi connectivity index (χ0n) is 6.61. The van der Waals surface area contributed by atoms with E-state index in [1.807, 2.05) is 0 Å². The first-order valence-electron chi connectivity index (χ1n) is 4.10. The summed E-state index contributed by atoms with van der Waals surface area (Å²) in [6, 6.07) is 0. The first-order valence-corrected chi connectivity index (χ1v) is 4.10. The Morgan fingerprint density at radius 1 is 1.36 bits per heavy atom. The molecule has 0 aromatic heterocycles. The third-order valence-corrected chi connectivity index (χ3v) is 3.02. The maximum atomic E-state index is 12.5. The first-order chi connectivity index (χ1) is 4.93. The van der Waals surface area contributed by atoms with Gasteiger partial charge in [0.05, 0.1) is 0 Å². The van der Waals surface area contributed by atoms with Crippen LogP contribution in [0, 0.1) is 11.8 Å². The minimum Gasteiger partial charge on any atom is -0.324 e. The standard InChI is InChI=1S/C8H13F2N/c1-5-2-6(5)7(11)3-8(9,10)4-7/h5-6H,2-4,11H2,1H3. The van der Waals surface area contributed by atoms with Crippen molar-refractivity contribution in [1.29, 1.82) is 0 Å². The van der Waals surface area contributed by atoms with E-state index in [1.54, 1.807) is 0 Å². The molecular weight excluding hydrogens is 148 g/mol. The molecule has 2 unspecified atom stereocenters. The van der Waals surface area contributed by atoms with E-state index in [2.05, 4.69) is 6.92 Å². The van der Waals surface area contributed by atoms with Gasteiger partial charge in [0.25, 0.3) is 5.92 Å². The number of rotatable bonds is 1. The number of halogens is 2. The molecule has 0 heterocycles. The van der Waals surface area contributed by atoms with Crippen molar-refractivity contribution in [2.45, 2.75) is 37.6 Å². The van der Waals surface area contributed by atoms with Crippen LogP contribution >= 0.6 is 0 Å². The molecule has 2 saturated carbocycles. The van der Waals surface area contributed by atoms with Crippen molar-refractivity contribution < 1.29 is 8.78 Å². The molecular formula is C8H13F2N. The molecule has 2 N–H and O–H groups in total. The lowest BCUT2D eigenvalue weighted by Gasteiger charge is -2.45. The van der Waals surface area contributed by atoms with Gasteiger partial charge >= 0.3 is 0 Å². The molecule has 0 spiro atoms. The van der Waals surface area contributed by atoms with E-state index in [0.29, 0.717) is 11.8 Å². The number of nitrogens with two attached hydrogens (primary N) is 1. The Hall–Kier alpha value is -0.180. The Kier molecular flexibility index (Phi) is 1.20. The minimum atomic E-state index is -2.46. The fourth-order valence-corrected chi connectivity index (χ4v) is 2.30. The summed E-state index contributed by atoms with van der Waals surface area (Å²) in [6.45, 7) is 2.08. The third kappa shape index (κ3) is 1.06. The van der Waals surface area contributed by atoms with Crippen LogP contribution in [0.15, 0.2) is 0 Å². The summed E-state index contributed by atoms with van der Waals surface area (Å²) in [7, 11) is 0. The van der Waals surface area contributed by atoms with Crippen molar-refractivity contribution in [3.63, 3.8) is 0 Å². The lowest BCUT2D eigenvalue weighted by molar-refractivity contribution is -0.129. The van der Waals surface area contributed by atoms with Gasteiger partial charge in [0, 0.05) is 18.4 Å². The van der Waals surface area contributed by atoms with Crippen molar-refractivity contribution in [3.05, 3.63) is 0 Å². The van der Waals surface area contributed by atoms with Crippen molar-refractivity contribution >= 4 is 0 Å². The van der Waals surface area contributed by atoms with Gasteiger partial charge in [0.1, 0.15) is 0 Å². The van der Waals surface area contributed by atoms with Crippen LogP contribution in [0.3, 0.4) is 0 Å². The summed E-state index contributed by atoms with van der Waals surface area (Å²) in [5.41, 5.74) is 5.28. The third-order valence-electron chi connectivity index (χ3n) is 3.02. The molecule has 2 rings (SSSR count). The van der Waals surface area contributed by atoms with E-state index in [1.165, 1.54) is 0 Å². The normalized spacial score (nSPS) is 44.7. The largest absolute Gasteiger partial charge is 0.324 e. The summed E-state index contributed by atoms with van der Waals surface area (Å²) in [5.74, 6) is -1.50. The van der Waals surface area contributed by atoms with Gasteiger partial charge in [0.15, 0.2) is 0 Å². The van der Waals surface area contributed by atoms with Gasteiger partial charge < -0.3 is 5.73 Å². The number of alkyl halides is 2. The van der Waals surface area contributed by atoms with Gasteiger partial charge in [-0.2, -0.15) is 0 Å². The molecule has 64 valence electrons. The second-order valence-electron chi connectivity index (χ2n) is 4.26. The van der Waals surface area contributed by atoms with Crippen LogP contribution < -0.4 is 5.73 Å². The maximum absolute atomic E-state index is 12.5.